The number of aromatic nitrogens is 6. The monoisotopic (exact) mass is 839 g/mol. The van der Waals surface area contributed by atoms with Crippen molar-refractivity contribution in [2.24, 2.45) is 10.8 Å². The molecule has 0 aliphatic heterocycles. The molecule has 1 N–H and O–H groups in total. The first-order valence-corrected chi connectivity index (χ1v) is 20.7. The van der Waals surface area contributed by atoms with Crippen molar-refractivity contribution < 1.29 is 18.4 Å². The van der Waals surface area contributed by atoms with Crippen molar-refractivity contribution in [1.82, 2.24) is 34.8 Å². The zero-order valence-electron chi connectivity index (χ0n) is 36.5. The quantitative estimate of drug-likeness (QED) is 0.129. The number of nitrogens with zero attached hydrogens (tertiary/aromatic N) is 6. The third-order valence-electron chi connectivity index (χ3n) is 9.21. The molecule has 0 radical (unpaired) electrons. The number of aromatic amines is 1. The maximum atomic E-state index is 13.1. The van der Waals surface area contributed by atoms with E-state index in [-0.39, 0.29) is 28.2 Å². The first-order valence-electron chi connectivity index (χ1n) is 20.4. The van der Waals surface area contributed by atoms with Gasteiger partial charge in [0.1, 0.15) is 23.0 Å². The molecule has 0 spiro atoms. The van der Waals surface area contributed by atoms with Gasteiger partial charge < -0.3 is 4.90 Å². The van der Waals surface area contributed by atoms with Gasteiger partial charge in [0, 0.05) is 34.6 Å². The summed E-state index contributed by atoms with van der Waals surface area (Å²) in [6.45, 7) is 21.1. The number of nitrogens with one attached hydrogen (secondary N) is 1. The van der Waals surface area contributed by atoms with Gasteiger partial charge in [-0.15, -0.1) is 0 Å². The van der Waals surface area contributed by atoms with Crippen LogP contribution in [-0.4, -0.2) is 65.6 Å². The van der Waals surface area contributed by atoms with E-state index in [1.54, 1.807) is 45.3 Å². The standard InChI is InChI=1S/C21H22FN3O.C16H14FN3.C6H15N.C5H9ClO/c1-21(2,3)20(26)25-17(12-9-15-7-10-16(22)11-8-15)14-19(24-25)18-6-4-5-13-23-18;17-13-7-4-12(5-8-13)6-9-14-11-16(20-19-14)15-3-1-2-10-18-15;1-4-7(5-2)6-3;1-5(2,3)4(6)7/h4-8,10-11,13-14H,9,12H2,1-3H3;1-5,7-8,10-11H,6,9H2,(H,19,20);4-6H2,1-3H3;1-3H3. The Morgan fingerprint density at radius 3 is 1.50 bits per heavy atom. The summed E-state index contributed by atoms with van der Waals surface area (Å²) in [5.74, 6) is -0.513. The number of hydrogen-bond acceptors (Lipinski definition) is 7. The van der Waals surface area contributed by atoms with Crippen LogP contribution in [0.3, 0.4) is 0 Å². The molecule has 4 heterocycles. The summed E-state index contributed by atoms with van der Waals surface area (Å²) in [6.07, 6.45) is 6.48. The topological polar surface area (TPSA) is 110 Å². The van der Waals surface area contributed by atoms with E-state index >= 15 is 0 Å². The van der Waals surface area contributed by atoms with Crippen LogP contribution in [0.25, 0.3) is 22.8 Å². The summed E-state index contributed by atoms with van der Waals surface area (Å²) in [5, 5.41) is 11.5. The molecule has 0 unspecified atom stereocenters. The number of rotatable bonds is 11. The van der Waals surface area contributed by atoms with E-state index in [2.05, 4.69) is 50.9 Å². The zero-order chi connectivity index (χ0) is 44.3. The van der Waals surface area contributed by atoms with Gasteiger partial charge in [0.15, 0.2) is 0 Å². The summed E-state index contributed by atoms with van der Waals surface area (Å²) in [6, 6.07) is 28.3. The highest BCUT2D eigenvalue weighted by Crippen LogP contribution is 2.23. The van der Waals surface area contributed by atoms with E-state index < -0.39 is 5.41 Å². The molecule has 12 heteroatoms. The summed E-state index contributed by atoms with van der Waals surface area (Å²) in [7, 11) is 0. The van der Waals surface area contributed by atoms with Crippen LogP contribution in [-0.2, 0) is 30.5 Å². The Bertz CT molecular complexity index is 2150. The number of pyridine rings is 2. The molecule has 9 nitrogen and oxygen atoms in total. The van der Waals surface area contributed by atoms with Gasteiger partial charge in [-0.2, -0.15) is 10.2 Å². The summed E-state index contributed by atoms with van der Waals surface area (Å²) in [5.41, 5.74) is 6.20. The summed E-state index contributed by atoms with van der Waals surface area (Å²) in [4.78, 5) is 34.0. The van der Waals surface area contributed by atoms with Crippen LogP contribution in [0.5, 0.6) is 0 Å². The Labute approximate surface area is 359 Å². The lowest BCUT2D eigenvalue weighted by Gasteiger charge is -2.17. The maximum absolute atomic E-state index is 13.1. The van der Waals surface area contributed by atoms with E-state index in [4.69, 9.17) is 11.6 Å². The first kappa shape index (κ1) is 49.0. The highest BCUT2D eigenvalue weighted by atomic mass is 35.5. The third kappa shape index (κ3) is 16.7. The summed E-state index contributed by atoms with van der Waals surface area (Å²) < 4.78 is 27.4. The third-order valence-corrected chi connectivity index (χ3v) is 9.78. The molecule has 0 aliphatic carbocycles. The average Bonchev–Trinajstić information content (AvgIpc) is 3.89. The van der Waals surface area contributed by atoms with Crippen LogP contribution in [0.2, 0.25) is 0 Å². The molecule has 2 aromatic carbocycles. The molecule has 0 amide bonds. The predicted molar refractivity (Wildman–Crippen MR) is 239 cm³/mol. The number of aryl methyl sites for hydroxylation is 4. The molecule has 320 valence electrons. The molecule has 6 aromatic rings. The number of hydrogen-bond donors (Lipinski definition) is 1. The molecule has 0 fully saturated rings. The van der Waals surface area contributed by atoms with Gasteiger partial charge in [0.05, 0.1) is 11.4 Å². The largest absolute Gasteiger partial charge is 0.304 e. The van der Waals surface area contributed by atoms with Gasteiger partial charge >= 0.3 is 0 Å². The molecule has 6 rings (SSSR count). The van der Waals surface area contributed by atoms with Gasteiger partial charge in [-0.25, -0.2) is 13.5 Å². The van der Waals surface area contributed by atoms with Crippen LogP contribution in [0.4, 0.5) is 8.78 Å². The molecule has 0 saturated heterocycles. The van der Waals surface area contributed by atoms with Crippen molar-refractivity contribution >= 4 is 22.8 Å². The number of benzene rings is 2. The molecule has 60 heavy (non-hydrogen) atoms. The molecular formula is C48H60ClF2N7O2. The molecule has 0 atom stereocenters. The van der Waals surface area contributed by atoms with Crippen LogP contribution < -0.4 is 0 Å². The Balaban J connectivity index is 0.000000248. The Morgan fingerprint density at radius 1 is 0.633 bits per heavy atom. The fourth-order valence-corrected chi connectivity index (χ4v) is 5.39. The van der Waals surface area contributed by atoms with Gasteiger partial charge in [0.25, 0.3) is 5.91 Å². The van der Waals surface area contributed by atoms with E-state index in [1.165, 1.54) is 48.6 Å². The lowest BCUT2D eigenvalue weighted by atomic mass is 9.95. The minimum atomic E-state index is -0.544. The second-order valence-electron chi connectivity index (χ2n) is 16.1. The second kappa shape index (κ2) is 24.0. The smallest absolute Gasteiger partial charge is 0.252 e. The molecule has 0 bridgehead atoms. The minimum absolute atomic E-state index is 0.0613. The Morgan fingerprint density at radius 2 is 1.10 bits per heavy atom. The lowest BCUT2D eigenvalue weighted by Crippen LogP contribution is -2.29. The first-order chi connectivity index (χ1) is 28.4. The number of carbonyl (C=O) groups is 2. The van der Waals surface area contributed by atoms with Crippen LogP contribution in [0.15, 0.2) is 109 Å². The Kier molecular flexibility index (Phi) is 19.6. The normalized spacial score (nSPS) is 11.1. The van der Waals surface area contributed by atoms with E-state index in [9.17, 15) is 18.4 Å². The van der Waals surface area contributed by atoms with Crippen molar-refractivity contribution in [3.05, 3.63) is 144 Å². The van der Waals surface area contributed by atoms with E-state index in [0.29, 0.717) is 18.5 Å². The molecular weight excluding hydrogens is 780 g/mol. The van der Waals surface area contributed by atoms with Crippen molar-refractivity contribution in [2.45, 2.75) is 88.0 Å². The highest BCUT2D eigenvalue weighted by molar-refractivity contribution is 6.64. The summed E-state index contributed by atoms with van der Waals surface area (Å²) >= 11 is 5.11. The fraction of sp³-hybridized carbons (Fsp3) is 0.375. The highest BCUT2D eigenvalue weighted by Gasteiger charge is 2.27. The zero-order valence-corrected chi connectivity index (χ0v) is 37.2. The van der Waals surface area contributed by atoms with Crippen molar-refractivity contribution in [2.75, 3.05) is 19.6 Å². The van der Waals surface area contributed by atoms with Gasteiger partial charge in [-0.3, -0.25) is 24.7 Å². The van der Waals surface area contributed by atoms with Crippen LogP contribution >= 0.6 is 11.6 Å². The minimum Gasteiger partial charge on any atom is -0.304 e. The van der Waals surface area contributed by atoms with Crippen molar-refractivity contribution in [3.8, 4) is 22.8 Å². The number of halogens is 3. The maximum Gasteiger partial charge on any atom is 0.252 e. The predicted octanol–water partition coefficient (Wildman–Crippen LogP) is 11.1. The molecule has 0 saturated carbocycles. The fourth-order valence-electron chi connectivity index (χ4n) is 5.39. The van der Waals surface area contributed by atoms with Gasteiger partial charge in [-0.05, 0) is 129 Å². The molecule has 0 aliphatic rings. The van der Waals surface area contributed by atoms with E-state index in [1.807, 2.05) is 81.4 Å². The van der Waals surface area contributed by atoms with Crippen LogP contribution in [0, 0.1) is 22.5 Å². The SMILES string of the molecule is CC(C)(C)C(=O)Cl.CC(C)(C)C(=O)n1nc(-c2ccccn2)cc1CCc1ccc(F)cc1.CCN(CC)CC.Fc1ccc(CCc2cc(-c3ccccn3)n[nH]2)cc1. The van der Waals surface area contributed by atoms with Crippen molar-refractivity contribution in [1.29, 1.82) is 0 Å². The lowest BCUT2D eigenvalue weighted by molar-refractivity contribution is -0.118. The van der Waals surface area contributed by atoms with Gasteiger partial charge in [0.2, 0.25) is 5.24 Å². The van der Waals surface area contributed by atoms with E-state index in [0.717, 1.165) is 52.4 Å². The molecule has 4 aromatic heterocycles. The number of carbonyl (C=O) groups excluding carboxylic acids is 2. The van der Waals surface area contributed by atoms with Crippen LogP contribution in [0.1, 0.15) is 89.6 Å². The Hall–Kier alpha value is -5.39. The van der Waals surface area contributed by atoms with Crippen molar-refractivity contribution in [3.63, 3.8) is 0 Å². The van der Waals surface area contributed by atoms with Gasteiger partial charge in [-0.1, -0.05) is 98.7 Å². The second-order valence-corrected chi connectivity index (χ2v) is 16.4. The average molecular weight is 841 g/mol. The number of H-pyrrole nitrogens is 1.